The zero-order chi connectivity index (χ0) is 14.4. The van der Waals surface area contributed by atoms with Crippen LogP contribution in [-0.4, -0.2) is 17.4 Å². The van der Waals surface area contributed by atoms with Gasteiger partial charge in [-0.1, -0.05) is 11.8 Å². The van der Waals surface area contributed by atoms with Gasteiger partial charge in [0.1, 0.15) is 0 Å². The molecule has 4 nitrogen and oxygen atoms in total. The summed E-state index contributed by atoms with van der Waals surface area (Å²) in [6, 6.07) is 5.43. The van der Waals surface area contributed by atoms with Gasteiger partial charge >= 0.3 is 0 Å². The van der Waals surface area contributed by atoms with E-state index in [1.807, 2.05) is 18.4 Å². The van der Waals surface area contributed by atoms with Gasteiger partial charge in [0.2, 0.25) is 0 Å². The van der Waals surface area contributed by atoms with E-state index in [-0.39, 0.29) is 5.91 Å². The number of aromatic nitrogens is 1. The van der Waals surface area contributed by atoms with E-state index in [9.17, 15) is 4.79 Å². The Morgan fingerprint density at radius 3 is 3.10 bits per heavy atom. The Morgan fingerprint density at radius 2 is 2.35 bits per heavy atom. The molecule has 0 aliphatic carbocycles. The zero-order valence-electron chi connectivity index (χ0n) is 11.1. The normalized spacial score (nSPS) is 9.70. The highest BCUT2D eigenvalue weighted by atomic mass is 32.1. The van der Waals surface area contributed by atoms with E-state index in [2.05, 4.69) is 22.1 Å². The molecule has 0 saturated heterocycles. The number of hydrogen-bond donors (Lipinski definition) is 2. The lowest BCUT2D eigenvalue weighted by atomic mass is 10.2. The predicted octanol–water partition coefficient (Wildman–Crippen LogP) is 1.69. The average Bonchev–Trinajstić information content (AvgIpc) is 2.90. The third kappa shape index (κ3) is 3.92. The monoisotopic (exact) mass is 285 g/mol. The molecular formula is C15H15N3OS. The number of carbonyl (C=O) groups is 1. The molecule has 3 N–H and O–H groups in total. The second-order valence-electron chi connectivity index (χ2n) is 4.18. The van der Waals surface area contributed by atoms with Gasteiger partial charge in [-0.25, -0.2) is 0 Å². The highest BCUT2D eigenvalue weighted by molar-refractivity contribution is 7.10. The molecule has 2 aromatic heterocycles. The summed E-state index contributed by atoms with van der Waals surface area (Å²) in [5.74, 6) is 5.67. The number of nitrogens with one attached hydrogen (secondary N) is 1. The van der Waals surface area contributed by atoms with Crippen molar-refractivity contribution in [1.82, 2.24) is 10.3 Å². The Bertz CT molecular complexity index is 667. The highest BCUT2D eigenvalue weighted by Gasteiger charge is 2.06. The summed E-state index contributed by atoms with van der Waals surface area (Å²) in [5.41, 5.74) is 7.71. The van der Waals surface area contributed by atoms with Crippen LogP contribution in [0.5, 0.6) is 0 Å². The highest BCUT2D eigenvalue weighted by Crippen LogP contribution is 2.13. The summed E-state index contributed by atoms with van der Waals surface area (Å²) < 4.78 is 0. The molecule has 1 amide bonds. The first kappa shape index (κ1) is 14.3. The number of aryl methyl sites for hydroxylation is 1. The van der Waals surface area contributed by atoms with Gasteiger partial charge in [-0.05, 0) is 25.1 Å². The molecule has 0 radical (unpaired) electrons. The van der Waals surface area contributed by atoms with E-state index in [1.54, 1.807) is 29.7 Å². The first-order valence-corrected chi connectivity index (χ1v) is 7.04. The summed E-state index contributed by atoms with van der Waals surface area (Å²) >= 11 is 1.57. The maximum atomic E-state index is 12.0. The van der Waals surface area contributed by atoms with Crippen molar-refractivity contribution in [1.29, 1.82) is 0 Å². The van der Waals surface area contributed by atoms with Gasteiger partial charge < -0.3 is 11.1 Å². The van der Waals surface area contributed by atoms with Crippen LogP contribution in [-0.2, 0) is 6.54 Å². The molecule has 0 bridgehead atoms. The summed E-state index contributed by atoms with van der Waals surface area (Å²) in [5, 5.41) is 4.84. The molecule has 2 rings (SSSR count). The maximum absolute atomic E-state index is 12.0. The Kier molecular flexibility index (Phi) is 4.88. The minimum absolute atomic E-state index is 0.0986. The van der Waals surface area contributed by atoms with Crippen molar-refractivity contribution in [2.75, 3.05) is 6.54 Å². The van der Waals surface area contributed by atoms with Crippen LogP contribution in [0.2, 0.25) is 0 Å². The Labute approximate surface area is 122 Å². The van der Waals surface area contributed by atoms with Crippen molar-refractivity contribution in [3.8, 4) is 11.8 Å². The van der Waals surface area contributed by atoms with E-state index in [1.165, 1.54) is 0 Å². The minimum atomic E-state index is -0.0986. The van der Waals surface area contributed by atoms with Gasteiger partial charge in [-0.2, -0.15) is 0 Å². The Morgan fingerprint density at radius 1 is 1.50 bits per heavy atom. The molecule has 0 aliphatic rings. The second kappa shape index (κ2) is 6.85. The smallest absolute Gasteiger partial charge is 0.251 e. The standard InChI is InChI=1S/C15H15N3OS/c1-11-7-13(4-6-17-11)15(19)18-9-14-8-12(10-20-14)3-2-5-16/h4,6-8,10H,5,9,16H2,1H3,(H,18,19). The molecule has 2 heterocycles. The molecule has 0 aliphatic heterocycles. The van der Waals surface area contributed by atoms with Gasteiger partial charge in [0.15, 0.2) is 0 Å². The first-order chi connectivity index (χ1) is 9.69. The summed E-state index contributed by atoms with van der Waals surface area (Å²) in [6.45, 7) is 2.71. The lowest BCUT2D eigenvalue weighted by molar-refractivity contribution is 0.0951. The second-order valence-corrected chi connectivity index (χ2v) is 5.17. The molecular weight excluding hydrogens is 270 g/mol. The van der Waals surface area contributed by atoms with E-state index in [4.69, 9.17) is 5.73 Å². The molecule has 102 valence electrons. The molecule has 5 heteroatoms. The molecule has 0 atom stereocenters. The van der Waals surface area contributed by atoms with Crippen LogP contribution in [0.15, 0.2) is 29.8 Å². The van der Waals surface area contributed by atoms with E-state index < -0.39 is 0 Å². The van der Waals surface area contributed by atoms with Gasteiger partial charge in [0.05, 0.1) is 13.1 Å². The van der Waals surface area contributed by atoms with Crippen LogP contribution < -0.4 is 11.1 Å². The fourth-order valence-electron chi connectivity index (χ4n) is 1.65. The van der Waals surface area contributed by atoms with Gasteiger partial charge in [0, 0.05) is 33.3 Å². The van der Waals surface area contributed by atoms with Gasteiger partial charge in [0.25, 0.3) is 5.91 Å². The third-order valence-electron chi connectivity index (χ3n) is 2.57. The largest absolute Gasteiger partial charge is 0.347 e. The summed E-state index contributed by atoms with van der Waals surface area (Å²) in [7, 11) is 0. The summed E-state index contributed by atoms with van der Waals surface area (Å²) in [4.78, 5) is 17.1. The first-order valence-electron chi connectivity index (χ1n) is 6.16. The maximum Gasteiger partial charge on any atom is 0.251 e. The van der Waals surface area contributed by atoms with Crippen molar-refractivity contribution < 1.29 is 4.79 Å². The number of thiophene rings is 1. The molecule has 0 spiro atoms. The fourth-order valence-corrected chi connectivity index (χ4v) is 2.40. The third-order valence-corrected chi connectivity index (χ3v) is 3.51. The lowest BCUT2D eigenvalue weighted by Gasteiger charge is -2.03. The number of nitrogens with zero attached hydrogens (tertiary/aromatic N) is 1. The van der Waals surface area contributed by atoms with E-state index >= 15 is 0 Å². The molecule has 0 saturated carbocycles. The quantitative estimate of drug-likeness (QED) is 0.843. The molecule has 0 unspecified atom stereocenters. The van der Waals surface area contributed by atoms with Gasteiger partial charge in [-0.3, -0.25) is 9.78 Å². The van der Waals surface area contributed by atoms with Crippen molar-refractivity contribution in [3.05, 3.63) is 51.5 Å². The van der Waals surface area contributed by atoms with Crippen LogP contribution in [0, 0.1) is 18.8 Å². The molecule has 2 aromatic rings. The SMILES string of the molecule is Cc1cc(C(=O)NCc2cc(C#CCN)cs2)ccn1. The zero-order valence-corrected chi connectivity index (χ0v) is 12.0. The minimum Gasteiger partial charge on any atom is -0.347 e. The van der Waals surface area contributed by atoms with E-state index in [0.29, 0.717) is 18.7 Å². The lowest BCUT2D eigenvalue weighted by Crippen LogP contribution is -2.22. The van der Waals surface area contributed by atoms with Crippen LogP contribution in [0.1, 0.15) is 26.5 Å². The molecule has 0 aromatic carbocycles. The number of hydrogen-bond acceptors (Lipinski definition) is 4. The number of amides is 1. The topological polar surface area (TPSA) is 68.0 Å². The number of pyridine rings is 1. The van der Waals surface area contributed by atoms with Crippen LogP contribution in [0.4, 0.5) is 0 Å². The summed E-state index contributed by atoms with van der Waals surface area (Å²) in [6.07, 6.45) is 1.63. The Hall–Kier alpha value is -2.16. The predicted molar refractivity (Wildman–Crippen MR) is 80.4 cm³/mol. The van der Waals surface area contributed by atoms with E-state index in [0.717, 1.165) is 16.1 Å². The van der Waals surface area contributed by atoms with Crippen LogP contribution >= 0.6 is 11.3 Å². The van der Waals surface area contributed by atoms with Gasteiger partial charge in [-0.15, -0.1) is 11.3 Å². The molecule has 20 heavy (non-hydrogen) atoms. The Balaban J connectivity index is 1.95. The van der Waals surface area contributed by atoms with Crippen molar-refractivity contribution in [2.45, 2.75) is 13.5 Å². The van der Waals surface area contributed by atoms with Crippen molar-refractivity contribution >= 4 is 17.2 Å². The number of carbonyl (C=O) groups excluding carboxylic acids is 1. The van der Waals surface area contributed by atoms with Crippen molar-refractivity contribution in [2.24, 2.45) is 5.73 Å². The van der Waals surface area contributed by atoms with Crippen molar-refractivity contribution in [3.63, 3.8) is 0 Å². The van der Waals surface area contributed by atoms with Crippen LogP contribution in [0.3, 0.4) is 0 Å². The fraction of sp³-hybridized carbons (Fsp3) is 0.200. The average molecular weight is 285 g/mol. The van der Waals surface area contributed by atoms with Crippen LogP contribution in [0.25, 0.3) is 0 Å². The number of nitrogens with two attached hydrogens (primary N) is 1. The molecule has 0 fully saturated rings. The number of rotatable bonds is 3.